The minimum absolute atomic E-state index is 0.0108. The van der Waals surface area contributed by atoms with Gasteiger partial charge in [-0.05, 0) is 66.4 Å². The zero-order valence-electron chi connectivity index (χ0n) is 27.6. The summed E-state index contributed by atoms with van der Waals surface area (Å²) in [5.74, 6) is -0.937. The van der Waals surface area contributed by atoms with Gasteiger partial charge in [-0.3, -0.25) is 14.4 Å². The first-order chi connectivity index (χ1) is 20.8. The fraction of sp³-hybridized carbons (Fsp3) is 0.676. The molecule has 4 aliphatic rings. The van der Waals surface area contributed by atoms with Gasteiger partial charge < -0.3 is 19.6 Å². The van der Waals surface area contributed by atoms with Gasteiger partial charge in [-0.2, -0.15) is 0 Å². The zero-order valence-corrected chi connectivity index (χ0v) is 27.6. The third-order valence-electron chi connectivity index (χ3n) is 13.0. The fourth-order valence-corrected chi connectivity index (χ4v) is 9.94. The number of hydrogen-bond donors (Lipinski definition) is 1. The maximum Gasteiger partial charge on any atom is 0.268 e. The van der Waals surface area contributed by atoms with Gasteiger partial charge in [0.25, 0.3) is 5.91 Å². The van der Waals surface area contributed by atoms with E-state index in [2.05, 4.69) is 19.2 Å². The molecule has 0 bridgehead atoms. The van der Waals surface area contributed by atoms with Crippen LogP contribution in [-0.4, -0.2) is 52.0 Å². The van der Waals surface area contributed by atoms with E-state index < -0.39 is 23.4 Å². The number of amides is 2. The number of rotatable bonds is 8. The number of fused-ring (bicyclic) bond motifs is 2. The van der Waals surface area contributed by atoms with Crippen LogP contribution in [0.4, 0.5) is 0 Å². The van der Waals surface area contributed by atoms with Crippen molar-refractivity contribution in [3.8, 4) is 0 Å². The Labute approximate surface area is 262 Å². The van der Waals surface area contributed by atoms with E-state index in [1.807, 2.05) is 67.6 Å². The van der Waals surface area contributed by atoms with Gasteiger partial charge in [0.05, 0.1) is 12.1 Å². The lowest BCUT2D eigenvalue weighted by atomic mass is 9.73. The summed E-state index contributed by atoms with van der Waals surface area (Å²) >= 11 is 0. The Hall–Kier alpha value is -2.96. The Morgan fingerprint density at radius 3 is 2.27 bits per heavy atom. The number of carbonyl (C=O) groups excluding carboxylic acids is 4. The lowest BCUT2D eigenvalue weighted by molar-refractivity contribution is -0.144. The number of likely N-dealkylation sites (tertiary alicyclic amines) is 1. The molecule has 3 aliphatic carbocycles. The van der Waals surface area contributed by atoms with E-state index in [9.17, 15) is 19.2 Å². The first kappa shape index (κ1) is 31.0. The predicted molar refractivity (Wildman–Crippen MR) is 172 cm³/mol. The number of aromatic nitrogens is 1. The van der Waals surface area contributed by atoms with Crippen LogP contribution in [0.25, 0.3) is 10.9 Å². The Morgan fingerprint density at radius 1 is 1.02 bits per heavy atom. The van der Waals surface area contributed by atoms with E-state index >= 15 is 0 Å². The number of nitrogens with one attached hydrogen (secondary N) is 1. The second kappa shape index (κ2) is 10.8. The minimum atomic E-state index is -0.647. The molecule has 238 valence electrons. The highest BCUT2D eigenvalue weighted by atomic mass is 16.2. The summed E-state index contributed by atoms with van der Waals surface area (Å²) in [7, 11) is 1.88. The SMILES string of the molecule is Cn1c(C(=O)NC(C(=O)CC(C(=O)N2CC3(CC2C=O)C(C)(C)C32CCC2)C(C)(C)C)C2CCCCC2)cc2ccccc21. The molecule has 7 heteroatoms. The summed E-state index contributed by atoms with van der Waals surface area (Å²) in [5, 5.41) is 4.14. The van der Waals surface area contributed by atoms with E-state index in [1.54, 1.807) is 0 Å². The molecule has 4 fully saturated rings. The van der Waals surface area contributed by atoms with Gasteiger partial charge in [-0.1, -0.05) is 78.5 Å². The van der Waals surface area contributed by atoms with Gasteiger partial charge in [-0.15, -0.1) is 0 Å². The normalized spacial score (nSPS) is 27.2. The van der Waals surface area contributed by atoms with Crippen molar-refractivity contribution in [3.05, 3.63) is 36.0 Å². The molecule has 0 radical (unpaired) electrons. The molecular formula is C37H51N3O4. The number of nitrogens with zero attached hydrogens (tertiary/aromatic N) is 2. The van der Waals surface area contributed by atoms with E-state index in [1.165, 1.54) is 19.3 Å². The highest BCUT2D eigenvalue weighted by molar-refractivity contribution is 6.01. The Kier molecular flexibility index (Phi) is 7.65. The van der Waals surface area contributed by atoms with Gasteiger partial charge in [0.1, 0.15) is 12.0 Å². The first-order valence-electron chi connectivity index (χ1n) is 16.9. The van der Waals surface area contributed by atoms with Gasteiger partial charge in [0, 0.05) is 42.2 Å². The Morgan fingerprint density at radius 2 is 1.70 bits per heavy atom. The second-order valence-corrected chi connectivity index (χ2v) is 16.1. The molecule has 1 saturated heterocycles. The molecule has 4 unspecified atom stereocenters. The Balaban J connectivity index is 1.25. The minimum Gasteiger partial charge on any atom is -0.341 e. The van der Waals surface area contributed by atoms with Crippen LogP contribution in [0, 0.1) is 33.5 Å². The molecule has 1 N–H and O–H groups in total. The molecule has 2 heterocycles. The highest BCUT2D eigenvalue weighted by Gasteiger charge is 2.84. The number of para-hydroxylation sites is 1. The molecule has 6 rings (SSSR count). The zero-order chi connectivity index (χ0) is 31.7. The van der Waals surface area contributed by atoms with Crippen molar-refractivity contribution in [2.24, 2.45) is 40.5 Å². The summed E-state index contributed by atoms with van der Waals surface area (Å²) in [5.41, 5.74) is 1.34. The highest BCUT2D eigenvalue weighted by Crippen LogP contribution is 2.88. The molecule has 4 atom stereocenters. The number of benzene rings is 1. The van der Waals surface area contributed by atoms with Gasteiger partial charge in [-0.25, -0.2) is 0 Å². The van der Waals surface area contributed by atoms with Crippen molar-refractivity contribution < 1.29 is 19.2 Å². The monoisotopic (exact) mass is 601 g/mol. The average Bonchev–Trinajstić information content (AvgIpc) is 3.27. The van der Waals surface area contributed by atoms with Crippen molar-refractivity contribution in [2.75, 3.05) is 6.54 Å². The number of hydrogen-bond acceptors (Lipinski definition) is 4. The van der Waals surface area contributed by atoms with Crippen LogP contribution in [0.5, 0.6) is 0 Å². The molecule has 2 amide bonds. The topological polar surface area (TPSA) is 88.5 Å². The van der Waals surface area contributed by atoms with Crippen molar-refractivity contribution >= 4 is 34.8 Å². The van der Waals surface area contributed by atoms with E-state index in [0.29, 0.717) is 12.2 Å². The number of Topliss-reactive ketones (excluding diaryl/α,β-unsaturated/α-hetero) is 1. The van der Waals surface area contributed by atoms with Crippen LogP contribution in [0.2, 0.25) is 0 Å². The maximum atomic E-state index is 14.5. The number of carbonyl (C=O) groups is 4. The number of ketones is 1. The molecule has 2 aromatic rings. The van der Waals surface area contributed by atoms with Crippen LogP contribution in [0.1, 0.15) is 109 Å². The maximum absolute atomic E-state index is 14.5. The molecule has 1 aromatic carbocycles. The van der Waals surface area contributed by atoms with Crippen LogP contribution in [-0.2, 0) is 21.4 Å². The molecule has 1 aliphatic heterocycles. The second-order valence-electron chi connectivity index (χ2n) is 16.1. The summed E-state index contributed by atoms with van der Waals surface area (Å²) in [6.45, 7) is 11.3. The molecular weight excluding hydrogens is 550 g/mol. The quantitative estimate of drug-likeness (QED) is 0.351. The third kappa shape index (κ3) is 4.58. The van der Waals surface area contributed by atoms with E-state index in [4.69, 9.17) is 0 Å². The van der Waals surface area contributed by atoms with E-state index in [-0.39, 0.29) is 46.2 Å². The standard InChI is InChI=1S/C37H51N3O4/c1-34(2,3)27(33(44)40-23-37(21-26(40)22-41)35(4,5)36(37)17-12-18-36)20-30(42)31(24-13-8-7-9-14-24)38-32(43)29-19-25-15-10-11-16-28(25)39(29)6/h10-11,15-16,19,22,24,26-27,31H,7-9,12-14,17-18,20-21,23H2,1-6H3,(H,38,43). The van der Waals surface area contributed by atoms with Crippen molar-refractivity contribution in [3.63, 3.8) is 0 Å². The number of aldehydes is 1. The molecule has 1 aromatic heterocycles. The summed E-state index contributed by atoms with van der Waals surface area (Å²) in [4.78, 5) is 56.8. The largest absolute Gasteiger partial charge is 0.341 e. The van der Waals surface area contributed by atoms with Gasteiger partial charge in [0.2, 0.25) is 5.91 Å². The van der Waals surface area contributed by atoms with Crippen LogP contribution in [0.15, 0.2) is 30.3 Å². The smallest absolute Gasteiger partial charge is 0.268 e. The van der Waals surface area contributed by atoms with Crippen LogP contribution < -0.4 is 5.32 Å². The van der Waals surface area contributed by atoms with Crippen molar-refractivity contribution in [1.29, 1.82) is 0 Å². The van der Waals surface area contributed by atoms with Crippen LogP contribution in [0.3, 0.4) is 0 Å². The van der Waals surface area contributed by atoms with Crippen LogP contribution >= 0.6 is 0 Å². The summed E-state index contributed by atoms with van der Waals surface area (Å²) < 4.78 is 1.88. The van der Waals surface area contributed by atoms with Crippen molar-refractivity contribution in [1.82, 2.24) is 14.8 Å². The third-order valence-corrected chi connectivity index (χ3v) is 13.0. The Bertz CT molecular complexity index is 1470. The lowest BCUT2D eigenvalue weighted by Gasteiger charge is -2.36. The summed E-state index contributed by atoms with van der Waals surface area (Å²) in [6, 6.07) is 8.67. The molecule has 3 saturated carbocycles. The number of aryl methyl sites for hydroxylation is 1. The first-order valence-corrected chi connectivity index (χ1v) is 16.9. The van der Waals surface area contributed by atoms with Gasteiger partial charge >= 0.3 is 0 Å². The van der Waals surface area contributed by atoms with E-state index in [0.717, 1.165) is 55.7 Å². The molecule has 44 heavy (non-hydrogen) atoms. The average molecular weight is 602 g/mol. The molecule has 2 spiro atoms. The van der Waals surface area contributed by atoms with Crippen molar-refractivity contribution in [2.45, 2.75) is 111 Å². The lowest BCUT2D eigenvalue weighted by Crippen LogP contribution is -2.50. The fourth-order valence-electron chi connectivity index (χ4n) is 9.94. The summed E-state index contributed by atoms with van der Waals surface area (Å²) in [6.07, 6.45) is 10.3. The molecule has 7 nitrogen and oxygen atoms in total. The van der Waals surface area contributed by atoms with Gasteiger partial charge in [0.15, 0.2) is 5.78 Å². The predicted octanol–water partition coefficient (Wildman–Crippen LogP) is 6.47.